The van der Waals surface area contributed by atoms with Crippen molar-refractivity contribution in [3.05, 3.63) is 28.8 Å². The SMILES string of the molecule is N#Cc1cc(Cl)ccc1OC(F)(F)F. The molecular formula is C8H3ClF3NO. The number of rotatable bonds is 1. The maximum Gasteiger partial charge on any atom is 0.573 e. The van der Waals surface area contributed by atoms with Crippen LogP contribution in [0.2, 0.25) is 5.02 Å². The second-order valence-electron chi connectivity index (χ2n) is 2.30. The van der Waals surface area contributed by atoms with Crippen LogP contribution in [-0.2, 0) is 0 Å². The van der Waals surface area contributed by atoms with Gasteiger partial charge in [-0.1, -0.05) is 11.6 Å². The molecule has 0 unspecified atom stereocenters. The molecule has 0 amide bonds. The first-order valence-corrected chi connectivity index (χ1v) is 3.75. The van der Waals surface area contributed by atoms with Crippen molar-refractivity contribution in [1.82, 2.24) is 0 Å². The highest BCUT2D eigenvalue weighted by atomic mass is 35.5. The van der Waals surface area contributed by atoms with E-state index in [4.69, 9.17) is 16.9 Å². The zero-order valence-electron chi connectivity index (χ0n) is 6.60. The molecule has 0 aromatic heterocycles. The first-order valence-electron chi connectivity index (χ1n) is 3.38. The molecule has 0 aliphatic carbocycles. The number of benzene rings is 1. The minimum absolute atomic E-state index is 0.177. The maximum atomic E-state index is 11.8. The van der Waals surface area contributed by atoms with Gasteiger partial charge in [-0.3, -0.25) is 0 Å². The van der Waals surface area contributed by atoms with E-state index in [1.807, 2.05) is 0 Å². The highest BCUT2D eigenvalue weighted by Crippen LogP contribution is 2.27. The van der Waals surface area contributed by atoms with Gasteiger partial charge in [-0.15, -0.1) is 13.2 Å². The molecule has 74 valence electrons. The zero-order valence-corrected chi connectivity index (χ0v) is 7.36. The summed E-state index contributed by atoms with van der Waals surface area (Å²) in [5.74, 6) is -0.551. The van der Waals surface area contributed by atoms with Gasteiger partial charge in [0.1, 0.15) is 11.8 Å². The van der Waals surface area contributed by atoms with Gasteiger partial charge in [0.2, 0.25) is 0 Å². The molecule has 0 bridgehead atoms. The number of hydrogen-bond acceptors (Lipinski definition) is 2. The number of alkyl halides is 3. The van der Waals surface area contributed by atoms with E-state index in [2.05, 4.69) is 4.74 Å². The quantitative estimate of drug-likeness (QED) is 0.730. The van der Waals surface area contributed by atoms with Crippen LogP contribution in [0.3, 0.4) is 0 Å². The minimum Gasteiger partial charge on any atom is -0.404 e. The molecular weight excluding hydrogens is 219 g/mol. The van der Waals surface area contributed by atoms with E-state index in [-0.39, 0.29) is 10.6 Å². The summed E-state index contributed by atoms with van der Waals surface area (Å²) in [7, 11) is 0. The lowest BCUT2D eigenvalue weighted by Gasteiger charge is -2.09. The van der Waals surface area contributed by atoms with Gasteiger partial charge < -0.3 is 4.74 Å². The summed E-state index contributed by atoms with van der Waals surface area (Å²) in [4.78, 5) is 0. The van der Waals surface area contributed by atoms with E-state index in [9.17, 15) is 13.2 Å². The third-order valence-corrected chi connectivity index (χ3v) is 1.52. The van der Waals surface area contributed by atoms with Crippen LogP contribution in [0.25, 0.3) is 0 Å². The van der Waals surface area contributed by atoms with Crippen molar-refractivity contribution < 1.29 is 17.9 Å². The van der Waals surface area contributed by atoms with Crippen LogP contribution in [0, 0.1) is 11.3 Å². The average molecular weight is 222 g/mol. The van der Waals surface area contributed by atoms with Crippen molar-refractivity contribution in [2.45, 2.75) is 6.36 Å². The van der Waals surface area contributed by atoms with Crippen molar-refractivity contribution >= 4 is 11.6 Å². The van der Waals surface area contributed by atoms with E-state index in [0.717, 1.165) is 12.1 Å². The molecule has 14 heavy (non-hydrogen) atoms. The summed E-state index contributed by atoms with van der Waals surface area (Å²) in [6.45, 7) is 0. The molecule has 0 N–H and O–H groups in total. The normalized spacial score (nSPS) is 10.8. The van der Waals surface area contributed by atoms with Crippen molar-refractivity contribution in [1.29, 1.82) is 5.26 Å². The largest absolute Gasteiger partial charge is 0.573 e. The Kier molecular flexibility index (Phi) is 2.87. The summed E-state index contributed by atoms with van der Waals surface area (Å²) in [5.41, 5.74) is -0.255. The monoisotopic (exact) mass is 221 g/mol. The van der Waals surface area contributed by atoms with Crippen LogP contribution in [0.4, 0.5) is 13.2 Å². The Morgan fingerprint density at radius 3 is 2.50 bits per heavy atom. The molecule has 6 heteroatoms. The number of hydrogen-bond donors (Lipinski definition) is 0. The Balaban J connectivity index is 3.05. The summed E-state index contributed by atoms with van der Waals surface area (Å²) < 4.78 is 39.0. The fourth-order valence-electron chi connectivity index (χ4n) is 0.803. The Labute approximate surface area is 82.5 Å². The van der Waals surface area contributed by atoms with E-state index in [1.54, 1.807) is 6.07 Å². The lowest BCUT2D eigenvalue weighted by atomic mass is 10.2. The van der Waals surface area contributed by atoms with Crippen molar-refractivity contribution in [3.8, 4) is 11.8 Å². The molecule has 1 aromatic carbocycles. The zero-order chi connectivity index (χ0) is 10.8. The van der Waals surface area contributed by atoms with Crippen LogP contribution < -0.4 is 4.74 Å². The fourth-order valence-corrected chi connectivity index (χ4v) is 0.975. The van der Waals surface area contributed by atoms with E-state index < -0.39 is 12.1 Å². The number of nitriles is 1. The fraction of sp³-hybridized carbons (Fsp3) is 0.125. The summed E-state index contributed by atoms with van der Waals surface area (Å²) in [6, 6.07) is 4.86. The van der Waals surface area contributed by atoms with Gasteiger partial charge in [-0.05, 0) is 18.2 Å². The minimum atomic E-state index is -4.81. The predicted molar refractivity (Wildman–Crippen MR) is 42.9 cm³/mol. The second kappa shape index (κ2) is 3.76. The summed E-state index contributed by atoms with van der Waals surface area (Å²) >= 11 is 5.48. The van der Waals surface area contributed by atoms with Gasteiger partial charge in [0, 0.05) is 5.02 Å². The molecule has 0 saturated heterocycles. The van der Waals surface area contributed by atoms with Crippen LogP contribution in [-0.4, -0.2) is 6.36 Å². The molecule has 0 atom stereocenters. The van der Waals surface area contributed by atoms with Gasteiger partial charge in [0.15, 0.2) is 0 Å². The maximum absolute atomic E-state index is 11.8. The molecule has 0 aliphatic rings. The van der Waals surface area contributed by atoms with Gasteiger partial charge in [0.05, 0.1) is 5.56 Å². The smallest absolute Gasteiger partial charge is 0.404 e. The molecule has 1 aromatic rings. The Morgan fingerprint density at radius 2 is 2.00 bits per heavy atom. The summed E-state index contributed by atoms with van der Waals surface area (Å²) in [6.07, 6.45) is -4.81. The first kappa shape index (κ1) is 10.7. The molecule has 0 heterocycles. The van der Waals surface area contributed by atoms with Crippen LogP contribution in [0.5, 0.6) is 5.75 Å². The van der Waals surface area contributed by atoms with Crippen molar-refractivity contribution in [2.75, 3.05) is 0 Å². The van der Waals surface area contributed by atoms with E-state index in [1.165, 1.54) is 6.07 Å². The lowest BCUT2D eigenvalue weighted by molar-refractivity contribution is -0.274. The lowest BCUT2D eigenvalue weighted by Crippen LogP contribution is -2.17. The molecule has 0 fully saturated rings. The van der Waals surface area contributed by atoms with Crippen LogP contribution >= 0.6 is 11.6 Å². The van der Waals surface area contributed by atoms with Crippen LogP contribution in [0.15, 0.2) is 18.2 Å². The Morgan fingerprint density at radius 1 is 1.36 bits per heavy atom. The first-order chi connectivity index (χ1) is 6.42. The third-order valence-electron chi connectivity index (χ3n) is 1.29. The second-order valence-corrected chi connectivity index (χ2v) is 2.74. The Bertz CT molecular complexity index is 383. The molecule has 0 saturated carbocycles. The van der Waals surface area contributed by atoms with Gasteiger partial charge in [-0.2, -0.15) is 5.26 Å². The van der Waals surface area contributed by atoms with E-state index in [0.29, 0.717) is 0 Å². The van der Waals surface area contributed by atoms with Crippen molar-refractivity contribution in [2.24, 2.45) is 0 Å². The Hall–Kier alpha value is -1.41. The number of ether oxygens (including phenoxy) is 1. The molecule has 0 aliphatic heterocycles. The third kappa shape index (κ3) is 2.82. The van der Waals surface area contributed by atoms with Crippen molar-refractivity contribution in [3.63, 3.8) is 0 Å². The van der Waals surface area contributed by atoms with Gasteiger partial charge in [-0.25, -0.2) is 0 Å². The number of nitrogens with zero attached hydrogens (tertiary/aromatic N) is 1. The predicted octanol–water partition coefficient (Wildman–Crippen LogP) is 3.11. The average Bonchev–Trinajstić information content (AvgIpc) is 2.06. The molecule has 0 spiro atoms. The molecule has 0 radical (unpaired) electrons. The molecule has 2 nitrogen and oxygen atoms in total. The van der Waals surface area contributed by atoms with Gasteiger partial charge >= 0.3 is 6.36 Å². The highest BCUT2D eigenvalue weighted by molar-refractivity contribution is 6.30. The highest BCUT2D eigenvalue weighted by Gasteiger charge is 2.32. The van der Waals surface area contributed by atoms with Gasteiger partial charge in [0.25, 0.3) is 0 Å². The summed E-state index contributed by atoms with van der Waals surface area (Å²) in [5, 5.41) is 8.66. The topological polar surface area (TPSA) is 33.0 Å². The van der Waals surface area contributed by atoms with E-state index >= 15 is 0 Å². The van der Waals surface area contributed by atoms with Crippen LogP contribution in [0.1, 0.15) is 5.56 Å². The molecule has 1 rings (SSSR count). The number of halogens is 4. The standard InChI is InChI=1S/C8H3ClF3NO/c9-6-1-2-7(5(3-6)4-13)14-8(10,11)12/h1-3H.